The van der Waals surface area contributed by atoms with Crippen molar-refractivity contribution in [2.75, 3.05) is 30.4 Å². The van der Waals surface area contributed by atoms with Gasteiger partial charge in [-0.05, 0) is 37.8 Å². The Bertz CT molecular complexity index is 1040. The molecule has 3 fully saturated rings. The maximum atomic E-state index is 14.7. The highest BCUT2D eigenvalue weighted by Gasteiger charge is 2.44. The molecule has 2 aromatic rings. The number of carbonyl (C=O) groups excluding carboxylic acids is 1. The molecule has 3 aliphatic rings. The Hall–Kier alpha value is -2.81. The van der Waals surface area contributed by atoms with Crippen molar-refractivity contribution in [2.45, 2.75) is 56.2 Å². The fraction of sp³-hybridized carbons (Fsp3) is 0.500. The Labute approximate surface area is 190 Å². The van der Waals surface area contributed by atoms with Gasteiger partial charge in [0.15, 0.2) is 5.82 Å². The molecule has 176 valence electrons. The number of ether oxygens (including phenoxy) is 1. The predicted octanol–water partition coefficient (Wildman–Crippen LogP) is 4.91. The average molecular weight is 461 g/mol. The molecule has 0 spiro atoms. The SMILES string of the molecule is CO[C@@H]1C[C@H]2CC[C@@H](C1)N2C(=O)Nc1c(-c2ccccc2F)ccnc1N1CCC(F)(F)C1. The van der Waals surface area contributed by atoms with E-state index in [1.165, 1.54) is 17.2 Å². The molecule has 3 atom stereocenters. The summed E-state index contributed by atoms with van der Waals surface area (Å²) in [6.45, 7) is -0.387. The van der Waals surface area contributed by atoms with Gasteiger partial charge in [-0.3, -0.25) is 0 Å². The third-order valence-corrected chi connectivity index (χ3v) is 7.05. The lowest BCUT2D eigenvalue weighted by molar-refractivity contribution is 0.0231. The van der Waals surface area contributed by atoms with Crippen LogP contribution in [-0.4, -0.2) is 60.2 Å². The molecule has 1 N–H and O–H groups in total. The smallest absolute Gasteiger partial charge is 0.322 e. The maximum absolute atomic E-state index is 14.7. The number of fused-ring (bicyclic) bond motifs is 2. The van der Waals surface area contributed by atoms with Crippen LogP contribution in [0.4, 0.5) is 29.5 Å². The molecule has 4 heterocycles. The standard InChI is InChI=1S/C24H27F3N4O2/c1-33-17-12-15-6-7-16(13-17)31(15)23(32)29-21-19(18-4-2-3-5-20(18)25)8-10-28-22(21)30-11-9-24(26,27)14-30/h2-5,8,10,15-17H,6-7,9,11-14H2,1H3,(H,29,32)/t15-,16+,17-. The number of aromatic nitrogens is 1. The Morgan fingerprint density at radius 3 is 2.52 bits per heavy atom. The molecule has 9 heteroatoms. The van der Waals surface area contributed by atoms with E-state index in [1.807, 2.05) is 4.90 Å². The molecule has 0 saturated carbocycles. The number of benzene rings is 1. The summed E-state index contributed by atoms with van der Waals surface area (Å²) >= 11 is 0. The lowest BCUT2D eigenvalue weighted by Crippen LogP contribution is -2.50. The lowest BCUT2D eigenvalue weighted by Gasteiger charge is -2.38. The number of halogens is 3. The van der Waals surface area contributed by atoms with Crippen LogP contribution in [0.15, 0.2) is 36.5 Å². The average Bonchev–Trinajstić information content (AvgIpc) is 3.29. The van der Waals surface area contributed by atoms with E-state index in [0.717, 1.165) is 25.7 Å². The first-order chi connectivity index (χ1) is 15.9. The van der Waals surface area contributed by atoms with Crippen molar-refractivity contribution < 1.29 is 22.7 Å². The van der Waals surface area contributed by atoms with Crippen LogP contribution >= 0.6 is 0 Å². The Balaban J connectivity index is 1.51. The molecule has 5 rings (SSSR count). The number of amides is 2. The zero-order valence-electron chi connectivity index (χ0n) is 18.4. The van der Waals surface area contributed by atoms with E-state index in [9.17, 15) is 18.0 Å². The number of piperidine rings is 1. The number of anilines is 2. The molecule has 1 aromatic heterocycles. The van der Waals surface area contributed by atoms with Gasteiger partial charge in [0, 0.05) is 49.5 Å². The van der Waals surface area contributed by atoms with Gasteiger partial charge in [0.2, 0.25) is 0 Å². The van der Waals surface area contributed by atoms with Crippen LogP contribution in [0.2, 0.25) is 0 Å². The molecule has 0 unspecified atom stereocenters. The molecule has 0 radical (unpaired) electrons. The zero-order chi connectivity index (χ0) is 23.2. The quantitative estimate of drug-likeness (QED) is 0.705. The number of carbonyl (C=O) groups is 1. The minimum Gasteiger partial charge on any atom is -0.381 e. The summed E-state index contributed by atoms with van der Waals surface area (Å²) in [5.74, 6) is -3.06. The molecule has 33 heavy (non-hydrogen) atoms. The predicted molar refractivity (Wildman–Crippen MR) is 119 cm³/mol. The van der Waals surface area contributed by atoms with Crippen LogP contribution in [0, 0.1) is 5.82 Å². The Kier molecular flexibility index (Phi) is 5.68. The van der Waals surface area contributed by atoms with E-state index in [-0.39, 0.29) is 54.3 Å². The number of hydrogen-bond donors (Lipinski definition) is 1. The Morgan fingerprint density at radius 1 is 1.15 bits per heavy atom. The second-order valence-corrected chi connectivity index (χ2v) is 9.12. The zero-order valence-corrected chi connectivity index (χ0v) is 18.4. The van der Waals surface area contributed by atoms with Crippen LogP contribution < -0.4 is 10.2 Å². The summed E-state index contributed by atoms with van der Waals surface area (Å²) in [7, 11) is 1.69. The minimum absolute atomic E-state index is 0.0573. The highest BCUT2D eigenvalue weighted by molar-refractivity contribution is 5.99. The maximum Gasteiger partial charge on any atom is 0.322 e. The van der Waals surface area contributed by atoms with Gasteiger partial charge in [-0.25, -0.2) is 22.9 Å². The van der Waals surface area contributed by atoms with Crippen molar-refractivity contribution in [3.63, 3.8) is 0 Å². The number of nitrogens with one attached hydrogen (secondary N) is 1. The fourth-order valence-electron chi connectivity index (χ4n) is 5.46. The third-order valence-electron chi connectivity index (χ3n) is 7.05. The van der Waals surface area contributed by atoms with Crippen LogP contribution in [0.3, 0.4) is 0 Å². The summed E-state index contributed by atoms with van der Waals surface area (Å²) in [5.41, 5.74) is 0.961. The first-order valence-corrected chi connectivity index (χ1v) is 11.3. The summed E-state index contributed by atoms with van der Waals surface area (Å²) in [6.07, 6.45) is 4.63. The van der Waals surface area contributed by atoms with Gasteiger partial charge in [0.1, 0.15) is 5.82 Å². The number of alkyl halides is 2. The van der Waals surface area contributed by atoms with Crippen molar-refractivity contribution in [3.8, 4) is 11.1 Å². The first-order valence-electron chi connectivity index (χ1n) is 11.3. The second-order valence-electron chi connectivity index (χ2n) is 9.12. The summed E-state index contributed by atoms with van der Waals surface area (Å²) in [5, 5.41) is 2.94. The van der Waals surface area contributed by atoms with E-state index in [0.29, 0.717) is 5.56 Å². The summed E-state index contributed by atoms with van der Waals surface area (Å²) in [4.78, 5) is 21.1. The normalized spacial score (nSPS) is 26.0. The van der Waals surface area contributed by atoms with Gasteiger partial charge in [0.25, 0.3) is 5.92 Å². The highest BCUT2D eigenvalue weighted by atomic mass is 19.3. The molecule has 1 aromatic carbocycles. The largest absolute Gasteiger partial charge is 0.381 e. The molecule has 0 aliphatic carbocycles. The highest BCUT2D eigenvalue weighted by Crippen LogP contribution is 2.41. The van der Waals surface area contributed by atoms with Crippen molar-refractivity contribution in [2.24, 2.45) is 0 Å². The molecular formula is C24H27F3N4O2. The van der Waals surface area contributed by atoms with E-state index in [2.05, 4.69) is 10.3 Å². The van der Waals surface area contributed by atoms with Gasteiger partial charge in [-0.15, -0.1) is 0 Å². The van der Waals surface area contributed by atoms with Crippen molar-refractivity contribution in [1.82, 2.24) is 9.88 Å². The van der Waals surface area contributed by atoms with Crippen LogP contribution in [-0.2, 0) is 4.74 Å². The van der Waals surface area contributed by atoms with Crippen molar-refractivity contribution in [3.05, 3.63) is 42.3 Å². The van der Waals surface area contributed by atoms with E-state index >= 15 is 0 Å². The van der Waals surface area contributed by atoms with Gasteiger partial charge in [-0.1, -0.05) is 18.2 Å². The van der Waals surface area contributed by atoms with Crippen LogP contribution in [0.1, 0.15) is 32.1 Å². The van der Waals surface area contributed by atoms with Crippen LogP contribution in [0.5, 0.6) is 0 Å². The number of nitrogens with zero attached hydrogens (tertiary/aromatic N) is 3. The third kappa shape index (κ3) is 4.14. The summed E-state index contributed by atoms with van der Waals surface area (Å²) < 4.78 is 48.2. The second kappa shape index (κ2) is 8.52. The summed E-state index contributed by atoms with van der Waals surface area (Å²) in [6, 6.07) is 7.63. The number of urea groups is 1. The number of hydrogen-bond acceptors (Lipinski definition) is 4. The molecule has 2 bridgehead atoms. The molecule has 3 saturated heterocycles. The monoisotopic (exact) mass is 460 g/mol. The molecule has 2 amide bonds. The lowest BCUT2D eigenvalue weighted by atomic mass is 10.00. The molecular weight excluding hydrogens is 433 g/mol. The van der Waals surface area contributed by atoms with Crippen LogP contribution in [0.25, 0.3) is 11.1 Å². The van der Waals surface area contributed by atoms with Gasteiger partial charge in [-0.2, -0.15) is 0 Å². The number of pyridine rings is 1. The van der Waals surface area contributed by atoms with Crippen molar-refractivity contribution in [1.29, 1.82) is 0 Å². The van der Waals surface area contributed by atoms with E-state index in [4.69, 9.17) is 4.74 Å². The first kappa shape index (κ1) is 22.0. The van der Waals surface area contributed by atoms with Gasteiger partial charge in [0.05, 0.1) is 18.3 Å². The van der Waals surface area contributed by atoms with Crippen molar-refractivity contribution >= 4 is 17.5 Å². The van der Waals surface area contributed by atoms with Gasteiger partial charge >= 0.3 is 6.03 Å². The Morgan fingerprint density at radius 2 is 1.88 bits per heavy atom. The minimum atomic E-state index is -2.84. The fourth-order valence-corrected chi connectivity index (χ4v) is 5.46. The van der Waals surface area contributed by atoms with E-state index in [1.54, 1.807) is 31.4 Å². The topological polar surface area (TPSA) is 57.7 Å². The molecule has 3 aliphatic heterocycles. The number of rotatable bonds is 4. The number of methoxy groups -OCH3 is 1. The van der Waals surface area contributed by atoms with E-state index < -0.39 is 18.3 Å². The van der Waals surface area contributed by atoms with Gasteiger partial charge < -0.3 is 19.9 Å². The molecule has 6 nitrogen and oxygen atoms in total.